The Morgan fingerprint density at radius 3 is 2.59 bits per heavy atom. The first kappa shape index (κ1) is 23.4. The number of pyridine rings is 1. The lowest BCUT2D eigenvalue weighted by atomic mass is 10.1. The molecule has 0 aliphatic rings. The van der Waals surface area contributed by atoms with E-state index in [-0.39, 0.29) is 11.9 Å². The molecule has 6 nitrogen and oxygen atoms in total. The molecule has 32 heavy (non-hydrogen) atoms. The largest absolute Gasteiger partial charge is 0.383 e. The van der Waals surface area contributed by atoms with Crippen molar-refractivity contribution in [1.82, 2.24) is 19.7 Å². The van der Waals surface area contributed by atoms with Gasteiger partial charge in [0.15, 0.2) is 0 Å². The second-order valence-corrected chi connectivity index (χ2v) is 7.69. The zero-order chi connectivity index (χ0) is 22.8. The second-order valence-electron chi connectivity index (χ2n) is 7.69. The standard InChI is InChI=1S/C26H32N4O2/c1-4-24(5-2)30(16-17-32-3)25(31)14-13-23-20-29(19-21-10-7-6-8-11-21)28-26(23)22-12-9-15-27-18-22/h6-15,18,20,24H,4-5,16-17,19H2,1-3H3. The first-order valence-electron chi connectivity index (χ1n) is 11.2. The number of carbonyl (C=O) groups excluding carboxylic acids is 1. The Hall–Kier alpha value is -3.25. The smallest absolute Gasteiger partial charge is 0.246 e. The number of carbonyl (C=O) groups is 1. The first-order chi connectivity index (χ1) is 15.7. The number of amides is 1. The average Bonchev–Trinajstić information content (AvgIpc) is 3.24. The quantitative estimate of drug-likeness (QED) is 0.413. The molecule has 2 aromatic heterocycles. The van der Waals surface area contributed by atoms with Gasteiger partial charge in [0.25, 0.3) is 0 Å². The number of nitrogens with zero attached hydrogens (tertiary/aromatic N) is 4. The fourth-order valence-electron chi connectivity index (χ4n) is 3.79. The van der Waals surface area contributed by atoms with Crippen molar-refractivity contribution in [3.63, 3.8) is 0 Å². The van der Waals surface area contributed by atoms with Crippen molar-refractivity contribution < 1.29 is 9.53 Å². The molecule has 0 N–H and O–H groups in total. The maximum absolute atomic E-state index is 13.1. The van der Waals surface area contributed by atoms with Crippen LogP contribution in [0, 0.1) is 0 Å². The third-order valence-corrected chi connectivity index (χ3v) is 5.52. The molecular weight excluding hydrogens is 400 g/mol. The molecule has 0 aliphatic heterocycles. The highest BCUT2D eigenvalue weighted by atomic mass is 16.5. The van der Waals surface area contributed by atoms with Gasteiger partial charge in [-0.2, -0.15) is 5.10 Å². The van der Waals surface area contributed by atoms with Gasteiger partial charge in [0.1, 0.15) is 5.69 Å². The van der Waals surface area contributed by atoms with Gasteiger partial charge >= 0.3 is 0 Å². The number of hydrogen-bond acceptors (Lipinski definition) is 4. The Morgan fingerprint density at radius 2 is 1.94 bits per heavy atom. The summed E-state index contributed by atoms with van der Waals surface area (Å²) >= 11 is 0. The summed E-state index contributed by atoms with van der Waals surface area (Å²) in [5.74, 6) is -0.0105. The minimum Gasteiger partial charge on any atom is -0.383 e. The van der Waals surface area contributed by atoms with Gasteiger partial charge in [-0.1, -0.05) is 44.2 Å². The lowest BCUT2D eigenvalue weighted by molar-refractivity contribution is -0.129. The third kappa shape index (κ3) is 6.14. The highest BCUT2D eigenvalue weighted by Crippen LogP contribution is 2.23. The van der Waals surface area contributed by atoms with Crippen LogP contribution in [0.1, 0.15) is 37.8 Å². The van der Waals surface area contributed by atoms with Crippen LogP contribution in [0.3, 0.4) is 0 Å². The summed E-state index contributed by atoms with van der Waals surface area (Å²) in [6.45, 7) is 5.97. The molecule has 0 spiro atoms. The van der Waals surface area contributed by atoms with E-state index in [0.717, 1.165) is 29.7 Å². The van der Waals surface area contributed by atoms with Crippen molar-refractivity contribution in [2.45, 2.75) is 39.3 Å². The van der Waals surface area contributed by atoms with Gasteiger partial charge in [0.2, 0.25) is 5.91 Å². The topological polar surface area (TPSA) is 60.2 Å². The molecule has 0 fully saturated rings. The normalized spacial score (nSPS) is 11.4. The van der Waals surface area contributed by atoms with E-state index in [9.17, 15) is 4.79 Å². The predicted octanol–water partition coefficient (Wildman–Crippen LogP) is 4.67. The van der Waals surface area contributed by atoms with Crippen molar-refractivity contribution in [3.05, 3.63) is 78.3 Å². The number of ether oxygens (including phenoxy) is 1. The average molecular weight is 433 g/mol. The van der Waals surface area contributed by atoms with Crippen molar-refractivity contribution in [2.75, 3.05) is 20.3 Å². The van der Waals surface area contributed by atoms with Crippen LogP contribution in [0.5, 0.6) is 0 Å². The molecular formula is C26H32N4O2. The van der Waals surface area contributed by atoms with Gasteiger partial charge in [-0.15, -0.1) is 0 Å². The van der Waals surface area contributed by atoms with Crippen molar-refractivity contribution in [1.29, 1.82) is 0 Å². The molecule has 0 unspecified atom stereocenters. The summed E-state index contributed by atoms with van der Waals surface area (Å²) in [6.07, 6.45) is 10.9. The van der Waals surface area contributed by atoms with Crippen LogP contribution >= 0.6 is 0 Å². The summed E-state index contributed by atoms with van der Waals surface area (Å²) in [4.78, 5) is 19.2. The summed E-state index contributed by atoms with van der Waals surface area (Å²) < 4.78 is 7.13. The monoisotopic (exact) mass is 432 g/mol. The van der Waals surface area contributed by atoms with Crippen LogP contribution < -0.4 is 0 Å². The molecule has 0 saturated carbocycles. The summed E-state index contributed by atoms with van der Waals surface area (Å²) in [7, 11) is 1.66. The summed E-state index contributed by atoms with van der Waals surface area (Å²) in [5.41, 5.74) is 3.78. The molecule has 0 bridgehead atoms. The Kier molecular flexibility index (Phi) is 8.75. The van der Waals surface area contributed by atoms with E-state index in [1.165, 1.54) is 5.56 Å². The van der Waals surface area contributed by atoms with Crippen LogP contribution in [0.4, 0.5) is 0 Å². The molecule has 0 aliphatic carbocycles. The van der Waals surface area contributed by atoms with E-state index in [4.69, 9.17) is 9.84 Å². The van der Waals surface area contributed by atoms with Crippen molar-refractivity contribution in [2.24, 2.45) is 0 Å². The first-order valence-corrected chi connectivity index (χ1v) is 11.2. The van der Waals surface area contributed by atoms with Gasteiger partial charge in [0.05, 0.1) is 13.2 Å². The van der Waals surface area contributed by atoms with E-state index >= 15 is 0 Å². The second kappa shape index (κ2) is 12.0. The minimum absolute atomic E-state index is 0.0105. The molecule has 3 aromatic rings. The summed E-state index contributed by atoms with van der Waals surface area (Å²) in [5, 5.41) is 4.80. The molecule has 168 valence electrons. The molecule has 6 heteroatoms. The van der Waals surface area contributed by atoms with Crippen molar-refractivity contribution in [3.8, 4) is 11.3 Å². The van der Waals surface area contributed by atoms with Gasteiger partial charge in [-0.05, 0) is 36.6 Å². The van der Waals surface area contributed by atoms with Crippen LogP contribution in [0.15, 0.2) is 67.1 Å². The SMILES string of the molecule is CCC(CC)N(CCOC)C(=O)C=Cc1cn(Cc2ccccc2)nc1-c1cccnc1. The predicted molar refractivity (Wildman–Crippen MR) is 128 cm³/mol. The van der Waals surface area contributed by atoms with E-state index < -0.39 is 0 Å². The van der Waals surface area contributed by atoms with E-state index in [1.54, 1.807) is 25.6 Å². The molecule has 0 saturated heterocycles. The molecule has 0 atom stereocenters. The van der Waals surface area contributed by atoms with E-state index in [0.29, 0.717) is 19.7 Å². The fourth-order valence-corrected chi connectivity index (χ4v) is 3.79. The highest BCUT2D eigenvalue weighted by molar-refractivity contribution is 5.93. The molecule has 2 heterocycles. The maximum Gasteiger partial charge on any atom is 0.246 e. The van der Waals surface area contributed by atoms with Crippen molar-refractivity contribution >= 4 is 12.0 Å². The van der Waals surface area contributed by atoms with Gasteiger partial charge in [-0.3, -0.25) is 14.5 Å². The Labute approximate surface area is 190 Å². The number of methoxy groups -OCH3 is 1. The third-order valence-electron chi connectivity index (χ3n) is 5.52. The van der Waals surface area contributed by atoms with Gasteiger partial charge in [0, 0.05) is 55.5 Å². The van der Waals surface area contributed by atoms with E-state index in [1.807, 2.05) is 52.2 Å². The lowest BCUT2D eigenvalue weighted by Crippen LogP contribution is -2.40. The summed E-state index contributed by atoms with van der Waals surface area (Å²) in [6, 6.07) is 14.3. The zero-order valence-corrected chi connectivity index (χ0v) is 19.1. The molecule has 3 rings (SSSR count). The highest BCUT2D eigenvalue weighted by Gasteiger charge is 2.19. The Bertz CT molecular complexity index is 995. The molecule has 0 radical (unpaired) electrons. The van der Waals surface area contributed by atoms with Crippen LogP contribution in [-0.2, 0) is 16.1 Å². The number of hydrogen-bond donors (Lipinski definition) is 0. The Balaban J connectivity index is 1.89. The number of rotatable bonds is 11. The number of aromatic nitrogens is 3. The van der Waals surface area contributed by atoms with Gasteiger partial charge in [-0.25, -0.2) is 0 Å². The maximum atomic E-state index is 13.1. The molecule has 1 amide bonds. The van der Waals surface area contributed by atoms with Gasteiger partial charge < -0.3 is 9.64 Å². The van der Waals surface area contributed by atoms with E-state index in [2.05, 4.69) is 31.0 Å². The van der Waals surface area contributed by atoms with Crippen LogP contribution in [0.25, 0.3) is 17.3 Å². The minimum atomic E-state index is -0.0105. The van der Waals surface area contributed by atoms with Crippen LogP contribution in [-0.4, -0.2) is 51.9 Å². The van der Waals surface area contributed by atoms with Crippen LogP contribution in [0.2, 0.25) is 0 Å². The molecule has 1 aromatic carbocycles. The zero-order valence-electron chi connectivity index (χ0n) is 19.1. The lowest BCUT2D eigenvalue weighted by Gasteiger charge is -2.29. The fraction of sp³-hybridized carbons (Fsp3) is 0.346. The Morgan fingerprint density at radius 1 is 1.16 bits per heavy atom. The number of benzene rings is 1.